The first kappa shape index (κ1) is 22.4. The van der Waals surface area contributed by atoms with Gasteiger partial charge in [-0.15, -0.1) is 0 Å². The van der Waals surface area contributed by atoms with Gasteiger partial charge in [-0.3, -0.25) is 4.79 Å². The highest BCUT2D eigenvalue weighted by Crippen LogP contribution is 2.34. The summed E-state index contributed by atoms with van der Waals surface area (Å²) in [6, 6.07) is 10.2. The molecule has 2 aliphatic rings. The third-order valence-corrected chi connectivity index (χ3v) is 7.81. The Labute approximate surface area is 189 Å². The van der Waals surface area contributed by atoms with Crippen molar-refractivity contribution in [3.05, 3.63) is 60.2 Å². The molecule has 2 aliphatic heterocycles. The standard InChI is InChI=1S/C24H28N2O5S/c1-3-15-31-22-10-7-19(17-23(22)30-2)24(27)26-14-11-18-16-20(8-9-21(18)26)32(28,29)25-12-5-4-6-13-25/h3,7-10,16-17H,1,4-6,11-15H2,2H3. The Balaban J connectivity index is 1.57. The number of ether oxygens (including phenoxy) is 2. The number of nitrogens with zero attached hydrogens (tertiary/aromatic N) is 2. The molecule has 0 unspecified atom stereocenters. The summed E-state index contributed by atoms with van der Waals surface area (Å²) in [5.74, 6) is 0.849. The third kappa shape index (κ3) is 4.25. The Morgan fingerprint density at radius 2 is 1.84 bits per heavy atom. The molecule has 0 aliphatic carbocycles. The van der Waals surface area contributed by atoms with E-state index in [-0.39, 0.29) is 5.91 Å². The number of sulfonamides is 1. The lowest BCUT2D eigenvalue weighted by atomic mass is 10.1. The average Bonchev–Trinajstić information content (AvgIpc) is 3.26. The lowest BCUT2D eigenvalue weighted by Crippen LogP contribution is -2.35. The molecule has 0 spiro atoms. The molecule has 32 heavy (non-hydrogen) atoms. The number of methoxy groups -OCH3 is 1. The fourth-order valence-corrected chi connectivity index (χ4v) is 5.80. The molecule has 2 heterocycles. The van der Waals surface area contributed by atoms with Crippen LogP contribution in [0.25, 0.3) is 0 Å². The number of benzene rings is 2. The molecule has 8 heteroatoms. The zero-order valence-corrected chi connectivity index (χ0v) is 19.1. The quantitative estimate of drug-likeness (QED) is 0.595. The molecule has 0 saturated carbocycles. The number of carbonyl (C=O) groups excluding carboxylic acids is 1. The molecule has 0 radical (unpaired) electrons. The van der Waals surface area contributed by atoms with Crippen molar-refractivity contribution in [1.82, 2.24) is 4.31 Å². The lowest BCUT2D eigenvalue weighted by Gasteiger charge is -2.26. The number of amides is 1. The van der Waals surface area contributed by atoms with E-state index in [4.69, 9.17) is 9.47 Å². The zero-order valence-electron chi connectivity index (χ0n) is 18.2. The van der Waals surface area contributed by atoms with E-state index in [1.807, 2.05) is 0 Å². The number of piperidine rings is 1. The summed E-state index contributed by atoms with van der Waals surface area (Å²) in [5, 5.41) is 0. The van der Waals surface area contributed by atoms with Crippen molar-refractivity contribution in [1.29, 1.82) is 0 Å². The van der Waals surface area contributed by atoms with E-state index in [9.17, 15) is 13.2 Å². The minimum atomic E-state index is -3.50. The number of hydrogen-bond donors (Lipinski definition) is 0. The second kappa shape index (κ2) is 9.34. The van der Waals surface area contributed by atoms with Gasteiger partial charge in [-0.25, -0.2) is 8.42 Å². The van der Waals surface area contributed by atoms with Gasteiger partial charge in [0.15, 0.2) is 11.5 Å². The maximum atomic E-state index is 13.2. The van der Waals surface area contributed by atoms with Gasteiger partial charge in [0.1, 0.15) is 6.61 Å². The SMILES string of the molecule is C=CCOc1ccc(C(=O)N2CCc3cc(S(=O)(=O)N4CCCCC4)ccc32)cc1OC. The van der Waals surface area contributed by atoms with Crippen molar-refractivity contribution >= 4 is 21.6 Å². The van der Waals surface area contributed by atoms with Crippen LogP contribution in [-0.2, 0) is 16.4 Å². The van der Waals surface area contributed by atoms with Crippen LogP contribution in [0.3, 0.4) is 0 Å². The topological polar surface area (TPSA) is 76.2 Å². The molecule has 1 saturated heterocycles. The van der Waals surface area contributed by atoms with E-state index in [2.05, 4.69) is 6.58 Å². The summed E-state index contributed by atoms with van der Waals surface area (Å²) < 4.78 is 38.5. The first-order chi connectivity index (χ1) is 15.5. The van der Waals surface area contributed by atoms with Gasteiger partial charge in [-0.2, -0.15) is 4.31 Å². The van der Waals surface area contributed by atoms with Gasteiger partial charge in [0.05, 0.1) is 12.0 Å². The number of rotatable bonds is 7. The van der Waals surface area contributed by atoms with Gasteiger partial charge in [0.2, 0.25) is 10.0 Å². The highest BCUT2D eigenvalue weighted by Gasteiger charge is 2.30. The Hall–Kier alpha value is -2.84. The van der Waals surface area contributed by atoms with E-state index in [1.54, 1.807) is 51.7 Å². The van der Waals surface area contributed by atoms with Crippen molar-refractivity contribution in [3.63, 3.8) is 0 Å². The molecule has 170 valence electrons. The summed E-state index contributed by atoms with van der Waals surface area (Å²) in [7, 11) is -1.97. The van der Waals surface area contributed by atoms with Crippen LogP contribution in [0.15, 0.2) is 53.9 Å². The van der Waals surface area contributed by atoms with Crippen molar-refractivity contribution in [2.75, 3.05) is 38.3 Å². The van der Waals surface area contributed by atoms with Crippen LogP contribution in [0, 0.1) is 0 Å². The molecule has 7 nitrogen and oxygen atoms in total. The molecular weight excluding hydrogens is 428 g/mol. The van der Waals surface area contributed by atoms with Crippen molar-refractivity contribution in [3.8, 4) is 11.5 Å². The van der Waals surface area contributed by atoms with Crippen LogP contribution in [0.2, 0.25) is 0 Å². The predicted octanol–water partition coefficient (Wildman–Crippen LogP) is 3.64. The second-order valence-electron chi connectivity index (χ2n) is 7.93. The van der Waals surface area contributed by atoms with Crippen LogP contribution < -0.4 is 14.4 Å². The van der Waals surface area contributed by atoms with Crippen molar-refractivity contribution < 1.29 is 22.7 Å². The number of carbonyl (C=O) groups is 1. The minimum Gasteiger partial charge on any atom is -0.493 e. The van der Waals surface area contributed by atoms with E-state index in [0.29, 0.717) is 54.6 Å². The van der Waals surface area contributed by atoms with Gasteiger partial charge in [0.25, 0.3) is 5.91 Å². The molecule has 2 aromatic carbocycles. The normalized spacial score (nSPS) is 16.5. The first-order valence-corrected chi connectivity index (χ1v) is 12.3. The molecule has 0 atom stereocenters. The van der Waals surface area contributed by atoms with Crippen molar-refractivity contribution in [2.45, 2.75) is 30.6 Å². The van der Waals surface area contributed by atoms with Crippen LogP contribution in [0.5, 0.6) is 11.5 Å². The van der Waals surface area contributed by atoms with Gasteiger partial charge in [-0.1, -0.05) is 19.1 Å². The van der Waals surface area contributed by atoms with E-state index < -0.39 is 10.0 Å². The molecule has 0 N–H and O–H groups in total. The second-order valence-corrected chi connectivity index (χ2v) is 9.87. The molecule has 1 amide bonds. The highest BCUT2D eigenvalue weighted by molar-refractivity contribution is 7.89. The Bertz CT molecular complexity index is 1120. The summed E-state index contributed by atoms with van der Waals surface area (Å²) >= 11 is 0. The third-order valence-electron chi connectivity index (χ3n) is 5.91. The van der Waals surface area contributed by atoms with Crippen LogP contribution in [0.4, 0.5) is 5.69 Å². The van der Waals surface area contributed by atoms with E-state index in [0.717, 1.165) is 30.5 Å². The van der Waals surface area contributed by atoms with Crippen molar-refractivity contribution in [2.24, 2.45) is 0 Å². The van der Waals surface area contributed by atoms with Gasteiger partial charge in [0, 0.05) is 30.9 Å². The predicted molar refractivity (Wildman–Crippen MR) is 123 cm³/mol. The van der Waals surface area contributed by atoms with Crippen LogP contribution in [-0.4, -0.2) is 52.0 Å². The molecule has 2 aromatic rings. The average molecular weight is 457 g/mol. The number of anilines is 1. The van der Waals surface area contributed by atoms with Crippen LogP contribution >= 0.6 is 0 Å². The van der Waals surface area contributed by atoms with E-state index in [1.165, 1.54) is 7.11 Å². The number of hydrogen-bond acceptors (Lipinski definition) is 5. The zero-order chi connectivity index (χ0) is 22.7. The first-order valence-electron chi connectivity index (χ1n) is 10.8. The molecule has 0 bridgehead atoms. The lowest BCUT2D eigenvalue weighted by molar-refractivity contribution is 0.0989. The van der Waals surface area contributed by atoms with Crippen LogP contribution in [0.1, 0.15) is 35.2 Å². The van der Waals surface area contributed by atoms with Gasteiger partial charge in [-0.05, 0) is 61.2 Å². The number of fused-ring (bicyclic) bond motifs is 1. The fourth-order valence-electron chi connectivity index (χ4n) is 4.23. The maximum Gasteiger partial charge on any atom is 0.258 e. The monoisotopic (exact) mass is 456 g/mol. The summed E-state index contributed by atoms with van der Waals surface area (Å²) in [6.45, 7) is 5.60. The van der Waals surface area contributed by atoms with E-state index >= 15 is 0 Å². The molecule has 1 fully saturated rings. The molecule has 0 aromatic heterocycles. The summed E-state index contributed by atoms with van der Waals surface area (Å²) in [4.78, 5) is 15.2. The fraction of sp³-hybridized carbons (Fsp3) is 0.375. The minimum absolute atomic E-state index is 0.163. The molecule has 4 rings (SSSR count). The maximum absolute atomic E-state index is 13.2. The summed E-state index contributed by atoms with van der Waals surface area (Å²) in [6.07, 6.45) is 5.11. The molecular formula is C24H28N2O5S. The Morgan fingerprint density at radius 1 is 1.06 bits per heavy atom. The Kier molecular flexibility index (Phi) is 6.53. The van der Waals surface area contributed by atoms with Gasteiger partial charge < -0.3 is 14.4 Å². The highest BCUT2D eigenvalue weighted by atomic mass is 32.2. The summed E-state index contributed by atoms with van der Waals surface area (Å²) in [5.41, 5.74) is 2.10. The smallest absolute Gasteiger partial charge is 0.258 e. The largest absolute Gasteiger partial charge is 0.493 e. The van der Waals surface area contributed by atoms with Gasteiger partial charge >= 0.3 is 0 Å². The Morgan fingerprint density at radius 3 is 2.56 bits per heavy atom.